The Hall–Kier alpha value is -1.44. The first kappa shape index (κ1) is 21.9. The first-order valence-corrected chi connectivity index (χ1v) is 9.80. The standard InChI is InChI=1S/C20H32O7/c1-5-6-7-15(22)8-9-16(23)25-17-13(3)18-20(11-21,27-14(17)4)10-12(2)19(24)26-18/h8-9,12-15,17-18,21-22H,5-7,10-11H2,1-4H3/b9-8+/t12-,13+,14-,15-,17+,18-,20-/m0/s1. The van der Waals surface area contributed by atoms with Gasteiger partial charge in [-0.3, -0.25) is 4.79 Å². The molecule has 2 aliphatic heterocycles. The maximum Gasteiger partial charge on any atom is 0.330 e. The lowest BCUT2D eigenvalue weighted by Crippen LogP contribution is -2.66. The molecule has 2 fully saturated rings. The molecule has 0 radical (unpaired) electrons. The van der Waals surface area contributed by atoms with Gasteiger partial charge >= 0.3 is 11.9 Å². The predicted molar refractivity (Wildman–Crippen MR) is 97.7 cm³/mol. The van der Waals surface area contributed by atoms with Crippen LogP contribution in [0.15, 0.2) is 12.2 Å². The van der Waals surface area contributed by atoms with Crippen molar-refractivity contribution in [2.24, 2.45) is 11.8 Å². The van der Waals surface area contributed by atoms with E-state index in [2.05, 4.69) is 0 Å². The average Bonchev–Trinajstić information content (AvgIpc) is 2.63. The van der Waals surface area contributed by atoms with E-state index in [-0.39, 0.29) is 24.4 Å². The van der Waals surface area contributed by atoms with Crippen molar-refractivity contribution < 1.29 is 34.0 Å². The van der Waals surface area contributed by atoms with Crippen molar-refractivity contribution >= 4 is 11.9 Å². The molecule has 2 N–H and O–H groups in total. The molecule has 27 heavy (non-hydrogen) atoms. The van der Waals surface area contributed by atoms with Crippen LogP contribution in [0.1, 0.15) is 53.4 Å². The molecule has 0 unspecified atom stereocenters. The fourth-order valence-corrected chi connectivity index (χ4v) is 4.07. The second-order valence-electron chi connectivity index (χ2n) is 7.84. The van der Waals surface area contributed by atoms with Gasteiger partial charge in [0.05, 0.1) is 24.7 Å². The van der Waals surface area contributed by atoms with Crippen LogP contribution in [-0.4, -0.2) is 58.8 Å². The molecule has 0 aromatic heterocycles. The number of ether oxygens (including phenoxy) is 3. The highest BCUT2D eigenvalue weighted by molar-refractivity contribution is 5.82. The minimum Gasteiger partial charge on any atom is -0.459 e. The Balaban J connectivity index is 2.05. The Morgan fingerprint density at radius 1 is 1.41 bits per heavy atom. The zero-order chi connectivity index (χ0) is 20.2. The summed E-state index contributed by atoms with van der Waals surface area (Å²) in [7, 11) is 0. The fraction of sp³-hybridized carbons (Fsp3) is 0.800. The molecule has 2 heterocycles. The summed E-state index contributed by atoms with van der Waals surface area (Å²) in [6.07, 6.45) is 3.00. The van der Waals surface area contributed by atoms with Gasteiger partial charge in [0.1, 0.15) is 17.8 Å². The zero-order valence-electron chi connectivity index (χ0n) is 16.6. The quantitative estimate of drug-likeness (QED) is 0.509. The van der Waals surface area contributed by atoms with Gasteiger partial charge in [-0.25, -0.2) is 4.79 Å². The minimum absolute atomic E-state index is 0.270. The van der Waals surface area contributed by atoms with Crippen molar-refractivity contribution in [2.75, 3.05) is 6.61 Å². The number of rotatable bonds is 7. The van der Waals surface area contributed by atoms with Gasteiger partial charge in [0.2, 0.25) is 0 Å². The van der Waals surface area contributed by atoms with Gasteiger partial charge in [-0.2, -0.15) is 0 Å². The lowest BCUT2D eigenvalue weighted by molar-refractivity contribution is -0.283. The molecule has 154 valence electrons. The van der Waals surface area contributed by atoms with Crippen LogP contribution >= 0.6 is 0 Å². The van der Waals surface area contributed by atoms with Gasteiger partial charge in [-0.1, -0.05) is 33.6 Å². The first-order chi connectivity index (χ1) is 12.7. The van der Waals surface area contributed by atoms with E-state index in [0.717, 1.165) is 12.8 Å². The summed E-state index contributed by atoms with van der Waals surface area (Å²) in [6.45, 7) is 7.11. The molecule has 0 aromatic carbocycles. The molecule has 0 bridgehead atoms. The van der Waals surface area contributed by atoms with E-state index in [0.29, 0.717) is 12.8 Å². The van der Waals surface area contributed by atoms with Crippen molar-refractivity contribution in [2.45, 2.75) is 83.4 Å². The number of aliphatic hydroxyl groups is 2. The number of carbonyl (C=O) groups excluding carboxylic acids is 2. The summed E-state index contributed by atoms with van der Waals surface area (Å²) in [5.74, 6) is -1.61. The number of fused-ring (bicyclic) bond motifs is 1. The summed E-state index contributed by atoms with van der Waals surface area (Å²) in [6, 6.07) is 0. The van der Waals surface area contributed by atoms with Crippen LogP contribution in [-0.2, 0) is 23.8 Å². The minimum atomic E-state index is -0.971. The second kappa shape index (κ2) is 9.17. The van der Waals surface area contributed by atoms with E-state index in [9.17, 15) is 19.8 Å². The normalized spacial score (nSPS) is 37.6. The maximum atomic E-state index is 12.2. The summed E-state index contributed by atoms with van der Waals surface area (Å²) < 4.78 is 17.1. The van der Waals surface area contributed by atoms with Gasteiger partial charge in [-0.15, -0.1) is 0 Å². The van der Waals surface area contributed by atoms with Crippen molar-refractivity contribution in [3.8, 4) is 0 Å². The fourth-order valence-electron chi connectivity index (χ4n) is 4.07. The van der Waals surface area contributed by atoms with E-state index in [1.807, 2.05) is 13.8 Å². The van der Waals surface area contributed by atoms with Gasteiger partial charge in [-0.05, 0) is 25.8 Å². The highest BCUT2D eigenvalue weighted by Crippen LogP contribution is 2.43. The van der Waals surface area contributed by atoms with E-state index in [1.54, 1.807) is 13.8 Å². The van der Waals surface area contributed by atoms with Crippen LogP contribution in [0.25, 0.3) is 0 Å². The monoisotopic (exact) mass is 384 g/mol. The third-order valence-corrected chi connectivity index (χ3v) is 5.52. The topological polar surface area (TPSA) is 102 Å². The lowest BCUT2D eigenvalue weighted by Gasteiger charge is -2.53. The van der Waals surface area contributed by atoms with Crippen LogP contribution in [0, 0.1) is 11.8 Å². The number of hydrogen-bond acceptors (Lipinski definition) is 7. The van der Waals surface area contributed by atoms with Gasteiger partial charge < -0.3 is 24.4 Å². The third-order valence-electron chi connectivity index (χ3n) is 5.52. The van der Waals surface area contributed by atoms with E-state index in [4.69, 9.17) is 14.2 Å². The Morgan fingerprint density at radius 2 is 2.11 bits per heavy atom. The largest absolute Gasteiger partial charge is 0.459 e. The molecule has 7 atom stereocenters. The smallest absolute Gasteiger partial charge is 0.330 e. The number of unbranched alkanes of at least 4 members (excludes halogenated alkanes) is 1. The van der Waals surface area contributed by atoms with E-state index in [1.165, 1.54) is 12.2 Å². The summed E-state index contributed by atoms with van der Waals surface area (Å²) in [5, 5.41) is 19.7. The number of esters is 2. The molecule has 0 aromatic rings. The summed E-state index contributed by atoms with van der Waals surface area (Å²) >= 11 is 0. The molecular formula is C20H32O7. The van der Waals surface area contributed by atoms with Gasteiger partial charge in [0.25, 0.3) is 0 Å². The van der Waals surface area contributed by atoms with Crippen LogP contribution < -0.4 is 0 Å². The SMILES string of the molecule is CCCC[C@H](O)/C=C/C(=O)O[C@@H]1[C@@H](C)[C@@H]2OC(=O)[C@@H](C)C[C@@]2(CO)O[C@H]1C. The summed E-state index contributed by atoms with van der Waals surface area (Å²) in [4.78, 5) is 24.2. The molecule has 0 spiro atoms. The third kappa shape index (κ3) is 4.89. The highest BCUT2D eigenvalue weighted by atomic mass is 16.6. The summed E-state index contributed by atoms with van der Waals surface area (Å²) in [5.41, 5.74) is -0.971. The molecule has 7 heteroatoms. The van der Waals surface area contributed by atoms with Crippen molar-refractivity contribution in [3.63, 3.8) is 0 Å². The molecule has 2 saturated heterocycles. The molecule has 0 saturated carbocycles. The zero-order valence-corrected chi connectivity index (χ0v) is 16.6. The van der Waals surface area contributed by atoms with E-state index >= 15 is 0 Å². The Kier molecular flexibility index (Phi) is 7.42. The van der Waals surface area contributed by atoms with Gasteiger partial charge in [0, 0.05) is 12.0 Å². The van der Waals surface area contributed by atoms with E-state index < -0.39 is 36.0 Å². The second-order valence-corrected chi connectivity index (χ2v) is 7.84. The molecule has 0 aliphatic carbocycles. The van der Waals surface area contributed by atoms with Crippen LogP contribution in [0.2, 0.25) is 0 Å². The molecule has 2 aliphatic rings. The Bertz CT molecular complexity index is 561. The highest BCUT2D eigenvalue weighted by Gasteiger charge is 2.58. The van der Waals surface area contributed by atoms with Crippen molar-refractivity contribution in [3.05, 3.63) is 12.2 Å². The molecular weight excluding hydrogens is 352 g/mol. The van der Waals surface area contributed by atoms with Crippen molar-refractivity contribution in [1.82, 2.24) is 0 Å². The predicted octanol–water partition coefficient (Wildman–Crippen LogP) is 1.74. The average molecular weight is 384 g/mol. The number of aliphatic hydroxyl groups excluding tert-OH is 2. The Morgan fingerprint density at radius 3 is 2.74 bits per heavy atom. The van der Waals surface area contributed by atoms with Crippen molar-refractivity contribution in [1.29, 1.82) is 0 Å². The molecule has 7 nitrogen and oxygen atoms in total. The maximum absolute atomic E-state index is 12.2. The number of hydrogen-bond donors (Lipinski definition) is 2. The lowest BCUT2D eigenvalue weighted by atomic mass is 9.74. The van der Waals surface area contributed by atoms with Gasteiger partial charge in [0.15, 0.2) is 0 Å². The first-order valence-electron chi connectivity index (χ1n) is 9.80. The van der Waals surface area contributed by atoms with Crippen LogP contribution in [0.3, 0.4) is 0 Å². The molecule has 0 amide bonds. The van der Waals surface area contributed by atoms with Crippen LogP contribution in [0.5, 0.6) is 0 Å². The molecule has 2 rings (SSSR count). The number of carbonyl (C=O) groups is 2. The Labute approximate surface area is 160 Å². The van der Waals surface area contributed by atoms with Crippen LogP contribution in [0.4, 0.5) is 0 Å².